The van der Waals surface area contributed by atoms with Crippen LogP contribution in [0.1, 0.15) is 37.1 Å². The van der Waals surface area contributed by atoms with E-state index < -0.39 is 0 Å². The average molecular weight is 422 g/mol. The van der Waals surface area contributed by atoms with Crippen LogP contribution in [0.15, 0.2) is 30.6 Å². The van der Waals surface area contributed by atoms with Gasteiger partial charge < -0.3 is 14.4 Å². The van der Waals surface area contributed by atoms with Crippen LogP contribution in [0.2, 0.25) is 0 Å². The highest BCUT2D eigenvalue weighted by molar-refractivity contribution is 5.85. The zero-order valence-corrected chi connectivity index (χ0v) is 18.5. The van der Waals surface area contributed by atoms with Crippen LogP contribution in [0, 0.1) is 12.8 Å². The number of aromatic nitrogens is 4. The molecule has 2 aromatic heterocycles. The summed E-state index contributed by atoms with van der Waals surface area (Å²) in [7, 11) is 2.02. The second-order valence-electron chi connectivity index (χ2n) is 8.83. The maximum Gasteiger partial charge on any atom is 0.149 e. The number of hydrogen-bond acceptors (Lipinski definition) is 6. The summed E-state index contributed by atoms with van der Waals surface area (Å²) in [6, 6.07) is 6.47. The summed E-state index contributed by atoms with van der Waals surface area (Å²) in [6.45, 7) is 5.41. The molecular formula is C24H31N5O2. The summed E-state index contributed by atoms with van der Waals surface area (Å²) in [5, 5.41) is 4.64. The molecule has 1 aliphatic heterocycles. The van der Waals surface area contributed by atoms with Gasteiger partial charge in [-0.05, 0) is 57.1 Å². The number of fused-ring (bicyclic) bond motifs is 1. The first kappa shape index (κ1) is 20.2. The van der Waals surface area contributed by atoms with E-state index in [-0.39, 0.29) is 6.10 Å². The van der Waals surface area contributed by atoms with Crippen LogP contribution in [0.3, 0.4) is 0 Å². The van der Waals surface area contributed by atoms with Gasteiger partial charge in [0.1, 0.15) is 11.3 Å². The van der Waals surface area contributed by atoms with Gasteiger partial charge in [0.15, 0.2) is 0 Å². The highest BCUT2D eigenvalue weighted by atomic mass is 16.5. The largest absolute Gasteiger partial charge is 0.488 e. The van der Waals surface area contributed by atoms with Crippen LogP contribution >= 0.6 is 0 Å². The van der Waals surface area contributed by atoms with E-state index in [1.54, 1.807) is 12.4 Å². The Hall–Kier alpha value is -2.67. The van der Waals surface area contributed by atoms with Gasteiger partial charge in [-0.1, -0.05) is 0 Å². The van der Waals surface area contributed by atoms with Crippen molar-refractivity contribution in [1.82, 2.24) is 19.7 Å². The summed E-state index contributed by atoms with van der Waals surface area (Å²) in [5.74, 6) is 1.54. The first-order valence-electron chi connectivity index (χ1n) is 11.4. The fraction of sp³-hybridized carbons (Fsp3) is 0.542. The SMILES string of the molecule is Cc1cc(CC2CCC(Oc3cc(N4CCOCC4)cc4nccnc34)CC2)nn1C. The fourth-order valence-electron chi connectivity index (χ4n) is 4.79. The Bertz CT molecular complexity index is 1020. The van der Waals surface area contributed by atoms with E-state index in [2.05, 4.69) is 45.1 Å². The summed E-state index contributed by atoms with van der Waals surface area (Å²) >= 11 is 0. The third-order valence-corrected chi connectivity index (χ3v) is 6.65. The molecule has 3 heterocycles. The summed E-state index contributed by atoms with van der Waals surface area (Å²) in [5.41, 5.74) is 5.32. The predicted molar refractivity (Wildman–Crippen MR) is 121 cm³/mol. The molecule has 2 aliphatic rings. The minimum atomic E-state index is 0.229. The van der Waals surface area contributed by atoms with E-state index in [4.69, 9.17) is 9.47 Å². The molecule has 0 radical (unpaired) electrons. The highest BCUT2D eigenvalue weighted by Crippen LogP contribution is 2.34. The van der Waals surface area contributed by atoms with Crippen LogP contribution < -0.4 is 9.64 Å². The predicted octanol–water partition coefficient (Wildman–Crippen LogP) is 3.69. The molecular weight excluding hydrogens is 390 g/mol. The van der Waals surface area contributed by atoms with Crippen molar-refractivity contribution < 1.29 is 9.47 Å². The monoisotopic (exact) mass is 421 g/mol. The van der Waals surface area contributed by atoms with Gasteiger partial charge in [-0.2, -0.15) is 5.10 Å². The van der Waals surface area contributed by atoms with Crippen molar-refractivity contribution in [3.8, 4) is 5.75 Å². The number of aryl methyl sites for hydroxylation is 2. The van der Waals surface area contributed by atoms with Crippen LogP contribution in [-0.4, -0.2) is 52.2 Å². The topological polar surface area (TPSA) is 65.3 Å². The van der Waals surface area contributed by atoms with Gasteiger partial charge in [-0.15, -0.1) is 0 Å². The quantitative estimate of drug-likeness (QED) is 0.626. The van der Waals surface area contributed by atoms with Crippen LogP contribution in [0.5, 0.6) is 5.75 Å². The molecule has 0 N–H and O–H groups in total. The third kappa shape index (κ3) is 4.51. The summed E-state index contributed by atoms with van der Waals surface area (Å²) < 4.78 is 14.0. The maximum atomic E-state index is 6.54. The number of ether oxygens (including phenoxy) is 2. The molecule has 5 rings (SSSR count). The Balaban J connectivity index is 1.28. The number of hydrogen-bond donors (Lipinski definition) is 0. The van der Waals surface area contributed by atoms with Crippen molar-refractivity contribution in [2.75, 3.05) is 31.2 Å². The number of rotatable bonds is 5. The van der Waals surface area contributed by atoms with Crippen molar-refractivity contribution in [2.45, 2.75) is 45.1 Å². The van der Waals surface area contributed by atoms with Crippen molar-refractivity contribution in [1.29, 1.82) is 0 Å². The molecule has 1 saturated heterocycles. The molecule has 2 fully saturated rings. The Kier molecular flexibility index (Phi) is 5.76. The molecule has 0 amide bonds. The Morgan fingerprint density at radius 3 is 2.55 bits per heavy atom. The smallest absolute Gasteiger partial charge is 0.149 e. The first-order chi connectivity index (χ1) is 15.2. The summed E-state index contributed by atoms with van der Waals surface area (Å²) in [6.07, 6.45) is 9.27. The lowest BCUT2D eigenvalue weighted by Crippen LogP contribution is -2.36. The lowest BCUT2D eigenvalue weighted by atomic mass is 9.84. The lowest BCUT2D eigenvalue weighted by Gasteiger charge is -2.31. The molecule has 0 atom stereocenters. The Labute approximate surface area is 183 Å². The normalized spacial score (nSPS) is 22.1. The van der Waals surface area contributed by atoms with E-state index in [1.165, 1.54) is 24.2 Å². The summed E-state index contributed by atoms with van der Waals surface area (Å²) in [4.78, 5) is 11.5. The van der Waals surface area contributed by atoms with Gasteiger partial charge in [0.05, 0.1) is 30.5 Å². The molecule has 164 valence electrons. The number of benzene rings is 1. The van der Waals surface area contributed by atoms with Gasteiger partial charge in [-0.3, -0.25) is 9.67 Å². The zero-order valence-electron chi connectivity index (χ0n) is 18.5. The average Bonchev–Trinajstić information content (AvgIpc) is 3.12. The minimum Gasteiger partial charge on any atom is -0.488 e. The van der Waals surface area contributed by atoms with E-state index in [0.29, 0.717) is 5.92 Å². The van der Waals surface area contributed by atoms with E-state index in [9.17, 15) is 0 Å². The maximum absolute atomic E-state index is 6.54. The van der Waals surface area contributed by atoms with Crippen LogP contribution in [0.4, 0.5) is 5.69 Å². The van der Waals surface area contributed by atoms with E-state index in [0.717, 1.165) is 68.0 Å². The first-order valence-corrected chi connectivity index (χ1v) is 11.4. The van der Waals surface area contributed by atoms with Crippen LogP contribution in [-0.2, 0) is 18.2 Å². The van der Waals surface area contributed by atoms with Gasteiger partial charge in [0, 0.05) is 50.0 Å². The van der Waals surface area contributed by atoms with Crippen molar-refractivity contribution in [2.24, 2.45) is 13.0 Å². The number of morpholine rings is 1. The second kappa shape index (κ2) is 8.83. The van der Waals surface area contributed by atoms with Crippen LogP contribution in [0.25, 0.3) is 11.0 Å². The van der Waals surface area contributed by atoms with Crippen molar-refractivity contribution >= 4 is 16.7 Å². The third-order valence-electron chi connectivity index (χ3n) is 6.65. The standard InChI is InChI=1S/C24H31N5O2/c1-17-13-19(27-28(17)2)14-18-3-5-21(6-4-18)31-23-16-20(29-9-11-30-12-10-29)15-22-24(23)26-8-7-25-22/h7-8,13,15-16,18,21H,3-6,9-12,14H2,1-2H3. The molecule has 3 aromatic rings. The molecule has 7 nitrogen and oxygen atoms in total. The number of anilines is 1. The van der Waals surface area contributed by atoms with Gasteiger partial charge in [0.2, 0.25) is 0 Å². The molecule has 1 saturated carbocycles. The molecule has 7 heteroatoms. The van der Waals surface area contributed by atoms with Gasteiger partial charge >= 0.3 is 0 Å². The highest BCUT2D eigenvalue weighted by Gasteiger charge is 2.25. The van der Waals surface area contributed by atoms with Crippen molar-refractivity contribution in [3.63, 3.8) is 0 Å². The molecule has 1 aliphatic carbocycles. The minimum absolute atomic E-state index is 0.229. The molecule has 0 unspecified atom stereocenters. The Morgan fingerprint density at radius 1 is 1.03 bits per heavy atom. The second-order valence-corrected chi connectivity index (χ2v) is 8.83. The van der Waals surface area contributed by atoms with E-state index >= 15 is 0 Å². The van der Waals surface area contributed by atoms with Crippen molar-refractivity contribution in [3.05, 3.63) is 42.0 Å². The van der Waals surface area contributed by atoms with Gasteiger partial charge in [0.25, 0.3) is 0 Å². The van der Waals surface area contributed by atoms with Gasteiger partial charge in [-0.25, -0.2) is 4.98 Å². The molecule has 31 heavy (non-hydrogen) atoms. The zero-order chi connectivity index (χ0) is 21.2. The number of nitrogens with zero attached hydrogens (tertiary/aromatic N) is 5. The Morgan fingerprint density at radius 2 is 1.81 bits per heavy atom. The molecule has 0 bridgehead atoms. The lowest BCUT2D eigenvalue weighted by molar-refractivity contribution is 0.122. The molecule has 1 aromatic carbocycles. The van der Waals surface area contributed by atoms with E-state index in [1.807, 2.05) is 11.7 Å². The molecule has 0 spiro atoms. The fourth-order valence-corrected chi connectivity index (χ4v) is 4.79.